The molecule has 2 rings (SSSR count). The average Bonchev–Trinajstić information content (AvgIpc) is 2.75. The minimum atomic E-state index is 0.0314. The Bertz CT molecular complexity index is 372. The van der Waals surface area contributed by atoms with E-state index in [0.717, 1.165) is 37.5 Å². The number of aliphatic hydroxyl groups is 1. The Kier molecular flexibility index (Phi) is 3.50. The molecule has 0 aliphatic carbocycles. The standard InChI is InChI=1S/C10H15N3O2S/c1-7-9(16-12-11-7)10(15)13-4-2-8(6-14)3-5-13/h8,14H,2-6H2,1H3. The van der Waals surface area contributed by atoms with Crippen molar-refractivity contribution in [1.29, 1.82) is 0 Å². The number of hydrogen-bond acceptors (Lipinski definition) is 5. The number of likely N-dealkylation sites (tertiary alicyclic amines) is 1. The first-order chi connectivity index (χ1) is 7.72. The fourth-order valence-electron chi connectivity index (χ4n) is 1.89. The van der Waals surface area contributed by atoms with E-state index < -0.39 is 0 Å². The van der Waals surface area contributed by atoms with Crippen LogP contribution in [0.25, 0.3) is 0 Å². The number of aryl methyl sites for hydroxylation is 1. The van der Waals surface area contributed by atoms with Gasteiger partial charge in [-0.3, -0.25) is 4.79 Å². The van der Waals surface area contributed by atoms with E-state index in [1.807, 2.05) is 4.90 Å². The predicted octanol–water partition coefficient (Wildman–Crippen LogP) is 0.691. The first kappa shape index (κ1) is 11.5. The summed E-state index contributed by atoms with van der Waals surface area (Å²) in [5.41, 5.74) is 0.708. The highest BCUT2D eigenvalue weighted by Gasteiger charge is 2.25. The molecule has 1 aliphatic rings. The van der Waals surface area contributed by atoms with Gasteiger partial charge in [0.25, 0.3) is 5.91 Å². The maximum absolute atomic E-state index is 12.1. The molecule has 1 amide bonds. The van der Waals surface area contributed by atoms with Crippen LogP contribution in [0.5, 0.6) is 0 Å². The van der Waals surface area contributed by atoms with Crippen molar-refractivity contribution in [1.82, 2.24) is 14.5 Å². The molecule has 16 heavy (non-hydrogen) atoms. The van der Waals surface area contributed by atoms with Crippen molar-refractivity contribution in [3.05, 3.63) is 10.6 Å². The summed E-state index contributed by atoms with van der Waals surface area (Å²) in [5.74, 6) is 0.383. The smallest absolute Gasteiger partial charge is 0.267 e. The van der Waals surface area contributed by atoms with Crippen molar-refractivity contribution >= 4 is 17.4 Å². The molecule has 0 spiro atoms. The molecular formula is C10H15N3O2S. The molecule has 0 bridgehead atoms. The molecule has 88 valence electrons. The Morgan fingerprint density at radius 2 is 2.25 bits per heavy atom. The van der Waals surface area contributed by atoms with Crippen LogP contribution in [-0.2, 0) is 0 Å². The van der Waals surface area contributed by atoms with Crippen LogP contribution in [0.1, 0.15) is 28.2 Å². The second kappa shape index (κ2) is 4.88. The Morgan fingerprint density at radius 3 is 2.75 bits per heavy atom. The van der Waals surface area contributed by atoms with Gasteiger partial charge in [-0.2, -0.15) is 0 Å². The zero-order valence-corrected chi connectivity index (χ0v) is 10.0. The zero-order chi connectivity index (χ0) is 11.5. The van der Waals surface area contributed by atoms with Gasteiger partial charge >= 0.3 is 0 Å². The summed E-state index contributed by atoms with van der Waals surface area (Å²) in [6, 6.07) is 0. The fraction of sp³-hybridized carbons (Fsp3) is 0.700. The van der Waals surface area contributed by atoms with E-state index >= 15 is 0 Å². The monoisotopic (exact) mass is 241 g/mol. The quantitative estimate of drug-likeness (QED) is 0.827. The third-order valence-corrected chi connectivity index (χ3v) is 3.82. The Balaban J connectivity index is 2.00. The Hall–Kier alpha value is -1.01. The molecule has 0 atom stereocenters. The topological polar surface area (TPSA) is 66.3 Å². The first-order valence-corrected chi connectivity index (χ1v) is 6.18. The van der Waals surface area contributed by atoms with Crippen LogP contribution in [0.3, 0.4) is 0 Å². The van der Waals surface area contributed by atoms with Crippen molar-refractivity contribution in [2.45, 2.75) is 19.8 Å². The molecule has 0 radical (unpaired) electrons. The van der Waals surface area contributed by atoms with Gasteiger partial charge in [0.2, 0.25) is 0 Å². The summed E-state index contributed by atoms with van der Waals surface area (Å²) < 4.78 is 3.77. The molecular weight excluding hydrogens is 226 g/mol. The summed E-state index contributed by atoms with van der Waals surface area (Å²) in [5, 5.41) is 12.9. The summed E-state index contributed by atoms with van der Waals surface area (Å²) in [7, 11) is 0. The van der Waals surface area contributed by atoms with Crippen LogP contribution < -0.4 is 0 Å². The highest BCUT2D eigenvalue weighted by atomic mass is 32.1. The Morgan fingerprint density at radius 1 is 1.56 bits per heavy atom. The number of hydrogen-bond donors (Lipinski definition) is 1. The van der Waals surface area contributed by atoms with E-state index in [2.05, 4.69) is 9.59 Å². The van der Waals surface area contributed by atoms with E-state index in [1.165, 1.54) is 0 Å². The molecule has 1 aromatic rings. The molecule has 1 N–H and O–H groups in total. The van der Waals surface area contributed by atoms with Gasteiger partial charge in [-0.25, -0.2) is 0 Å². The molecule has 1 fully saturated rings. The number of carbonyl (C=O) groups excluding carboxylic acids is 1. The number of nitrogens with zero attached hydrogens (tertiary/aromatic N) is 3. The highest BCUT2D eigenvalue weighted by Crippen LogP contribution is 2.20. The summed E-state index contributed by atoms with van der Waals surface area (Å²) in [6.45, 7) is 3.48. The van der Waals surface area contributed by atoms with Gasteiger partial charge in [0.15, 0.2) is 0 Å². The highest BCUT2D eigenvalue weighted by molar-refractivity contribution is 7.07. The van der Waals surface area contributed by atoms with E-state index in [1.54, 1.807) is 6.92 Å². The minimum absolute atomic E-state index is 0.0314. The van der Waals surface area contributed by atoms with Crippen molar-refractivity contribution in [3.63, 3.8) is 0 Å². The SMILES string of the molecule is Cc1nnsc1C(=O)N1CCC(CO)CC1. The molecule has 2 heterocycles. The summed E-state index contributed by atoms with van der Waals surface area (Å²) >= 11 is 1.16. The van der Waals surface area contributed by atoms with Gasteiger partial charge in [0, 0.05) is 19.7 Å². The third kappa shape index (κ3) is 2.22. The van der Waals surface area contributed by atoms with Gasteiger partial charge < -0.3 is 10.0 Å². The van der Waals surface area contributed by atoms with Crippen molar-refractivity contribution in [3.8, 4) is 0 Å². The van der Waals surface area contributed by atoms with Crippen molar-refractivity contribution < 1.29 is 9.90 Å². The molecule has 0 unspecified atom stereocenters. The lowest BCUT2D eigenvalue weighted by atomic mass is 9.98. The van der Waals surface area contributed by atoms with Crippen LogP contribution in [0.2, 0.25) is 0 Å². The largest absolute Gasteiger partial charge is 0.396 e. The Labute approximate surface area is 98.2 Å². The lowest BCUT2D eigenvalue weighted by molar-refractivity contribution is 0.0654. The summed E-state index contributed by atoms with van der Waals surface area (Å²) in [6.07, 6.45) is 1.76. The van der Waals surface area contributed by atoms with Gasteiger partial charge in [-0.15, -0.1) is 5.10 Å². The molecule has 0 aromatic carbocycles. The molecule has 5 nitrogen and oxygen atoms in total. The minimum Gasteiger partial charge on any atom is -0.396 e. The normalized spacial score (nSPS) is 17.8. The predicted molar refractivity (Wildman–Crippen MR) is 60.4 cm³/mol. The first-order valence-electron chi connectivity index (χ1n) is 5.41. The number of piperidine rings is 1. The van der Waals surface area contributed by atoms with Crippen LogP contribution in [0.15, 0.2) is 0 Å². The van der Waals surface area contributed by atoms with E-state index in [4.69, 9.17) is 5.11 Å². The number of carbonyl (C=O) groups is 1. The van der Waals surface area contributed by atoms with E-state index in [0.29, 0.717) is 16.5 Å². The van der Waals surface area contributed by atoms with Gasteiger partial charge in [-0.1, -0.05) is 4.49 Å². The third-order valence-electron chi connectivity index (χ3n) is 3.01. The average molecular weight is 241 g/mol. The molecule has 1 aromatic heterocycles. The van der Waals surface area contributed by atoms with Gasteiger partial charge in [-0.05, 0) is 37.2 Å². The van der Waals surface area contributed by atoms with Crippen LogP contribution in [0.4, 0.5) is 0 Å². The van der Waals surface area contributed by atoms with E-state index in [-0.39, 0.29) is 12.5 Å². The summed E-state index contributed by atoms with van der Waals surface area (Å²) in [4.78, 5) is 14.5. The molecule has 1 aliphatic heterocycles. The maximum Gasteiger partial charge on any atom is 0.267 e. The maximum atomic E-state index is 12.1. The van der Waals surface area contributed by atoms with Crippen LogP contribution in [0, 0.1) is 12.8 Å². The van der Waals surface area contributed by atoms with Crippen molar-refractivity contribution in [2.75, 3.05) is 19.7 Å². The number of rotatable bonds is 2. The molecule has 0 saturated carbocycles. The second-order valence-electron chi connectivity index (χ2n) is 4.11. The van der Waals surface area contributed by atoms with Gasteiger partial charge in [0.1, 0.15) is 4.88 Å². The number of aliphatic hydroxyl groups excluding tert-OH is 1. The fourth-order valence-corrected chi connectivity index (χ4v) is 2.52. The lowest BCUT2D eigenvalue weighted by Gasteiger charge is -2.30. The van der Waals surface area contributed by atoms with Crippen LogP contribution in [-0.4, -0.2) is 45.2 Å². The van der Waals surface area contributed by atoms with E-state index in [9.17, 15) is 4.79 Å². The number of amides is 1. The number of aromatic nitrogens is 2. The lowest BCUT2D eigenvalue weighted by Crippen LogP contribution is -2.39. The van der Waals surface area contributed by atoms with Crippen LogP contribution >= 0.6 is 11.5 Å². The van der Waals surface area contributed by atoms with Gasteiger partial charge in [0.05, 0.1) is 5.69 Å². The molecule has 6 heteroatoms. The second-order valence-corrected chi connectivity index (χ2v) is 4.86. The molecule has 1 saturated heterocycles. The van der Waals surface area contributed by atoms with Crippen molar-refractivity contribution in [2.24, 2.45) is 5.92 Å². The zero-order valence-electron chi connectivity index (χ0n) is 9.22.